The maximum atomic E-state index is 11.3. The number of nitrogens with zero attached hydrogens (tertiary/aromatic N) is 3. The van der Waals surface area contributed by atoms with Crippen molar-refractivity contribution in [2.24, 2.45) is 0 Å². The smallest absolute Gasteiger partial charge is 0.152 e. The van der Waals surface area contributed by atoms with E-state index in [-0.39, 0.29) is 0 Å². The van der Waals surface area contributed by atoms with Crippen molar-refractivity contribution in [1.29, 1.82) is 0 Å². The van der Waals surface area contributed by atoms with Crippen molar-refractivity contribution in [3.8, 4) is 11.4 Å². The van der Waals surface area contributed by atoms with E-state index in [9.17, 15) is 4.79 Å². The van der Waals surface area contributed by atoms with E-state index in [1.54, 1.807) is 0 Å². The Balaban J connectivity index is 2.09. The van der Waals surface area contributed by atoms with Crippen LogP contribution in [0.3, 0.4) is 0 Å². The molecule has 0 saturated heterocycles. The van der Waals surface area contributed by atoms with E-state index in [1.807, 2.05) is 61.2 Å². The van der Waals surface area contributed by atoms with Crippen molar-refractivity contribution in [1.82, 2.24) is 14.3 Å². The second-order valence-electron chi connectivity index (χ2n) is 5.35. The molecule has 0 saturated carbocycles. The molecular formula is C17H17N3O. The molecule has 0 radical (unpaired) electrons. The Kier molecular flexibility index (Phi) is 3.54. The topological polar surface area (TPSA) is 37.6 Å². The molecule has 0 spiro atoms. The lowest BCUT2D eigenvalue weighted by Crippen LogP contribution is -2.10. The van der Waals surface area contributed by atoms with Gasteiger partial charge in [0, 0.05) is 30.0 Å². The van der Waals surface area contributed by atoms with Crippen LogP contribution in [0.2, 0.25) is 0 Å². The molecule has 106 valence electrons. The summed E-state index contributed by atoms with van der Waals surface area (Å²) in [6.07, 6.45) is 4.71. The van der Waals surface area contributed by atoms with E-state index in [1.165, 1.54) is 0 Å². The Bertz CT molecular complexity index is 772. The van der Waals surface area contributed by atoms with Crippen LogP contribution < -0.4 is 0 Å². The molecule has 0 aliphatic rings. The number of hydrogen-bond donors (Lipinski definition) is 0. The maximum absolute atomic E-state index is 11.3. The number of fused-ring (bicyclic) bond motifs is 1. The first-order valence-electron chi connectivity index (χ1n) is 6.84. The molecule has 4 heteroatoms. The minimum Gasteiger partial charge on any atom is -0.314 e. The molecule has 0 aromatic carbocycles. The zero-order valence-electron chi connectivity index (χ0n) is 12.2. The van der Waals surface area contributed by atoms with Crippen LogP contribution in [0.1, 0.15) is 15.9 Å². The maximum Gasteiger partial charge on any atom is 0.152 e. The van der Waals surface area contributed by atoms with Gasteiger partial charge >= 0.3 is 0 Å². The van der Waals surface area contributed by atoms with Crippen molar-refractivity contribution in [2.75, 3.05) is 14.1 Å². The van der Waals surface area contributed by atoms with Crippen molar-refractivity contribution >= 4 is 11.8 Å². The highest BCUT2D eigenvalue weighted by atomic mass is 16.1. The fourth-order valence-corrected chi connectivity index (χ4v) is 2.53. The number of aromatic nitrogens is 2. The summed E-state index contributed by atoms with van der Waals surface area (Å²) in [5.41, 5.74) is 4.46. The molecule has 3 aromatic rings. The Morgan fingerprint density at radius 2 is 2.10 bits per heavy atom. The predicted octanol–water partition coefficient (Wildman–Crippen LogP) is 2.88. The molecule has 0 atom stereocenters. The lowest BCUT2D eigenvalue weighted by atomic mass is 10.1. The van der Waals surface area contributed by atoms with Crippen molar-refractivity contribution in [3.05, 3.63) is 59.9 Å². The van der Waals surface area contributed by atoms with Gasteiger partial charge in [0.1, 0.15) is 0 Å². The van der Waals surface area contributed by atoms with E-state index < -0.39 is 0 Å². The van der Waals surface area contributed by atoms with Gasteiger partial charge in [0.2, 0.25) is 0 Å². The summed E-state index contributed by atoms with van der Waals surface area (Å²) in [6, 6.07) is 11.8. The summed E-state index contributed by atoms with van der Waals surface area (Å²) < 4.78 is 2.00. The fourth-order valence-electron chi connectivity index (χ4n) is 2.53. The van der Waals surface area contributed by atoms with Crippen LogP contribution in [-0.2, 0) is 6.54 Å². The lowest BCUT2D eigenvalue weighted by Gasteiger charge is -2.10. The zero-order valence-corrected chi connectivity index (χ0v) is 12.2. The van der Waals surface area contributed by atoms with Crippen LogP contribution >= 0.6 is 0 Å². The molecular weight excluding hydrogens is 262 g/mol. The van der Waals surface area contributed by atoms with Gasteiger partial charge in [-0.15, -0.1) is 0 Å². The first-order chi connectivity index (χ1) is 10.2. The summed E-state index contributed by atoms with van der Waals surface area (Å²) in [5.74, 6) is 0. The molecule has 3 heterocycles. The normalized spacial score (nSPS) is 11.2. The van der Waals surface area contributed by atoms with Crippen molar-refractivity contribution in [2.45, 2.75) is 6.54 Å². The summed E-state index contributed by atoms with van der Waals surface area (Å²) >= 11 is 0. The fraction of sp³-hybridized carbons (Fsp3) is 0.176. The van der Waals surface area contributed by atoms with Gasteiger partial charge in [-0.25, -0.2) is 0 Å². The highest BCUT2D eigenvalue weighted by molar-refractivity contribution is 5.89. The molecule has 0 unspecified atom stereocenters. The van der Waals surface area contributed by atoms with Crippen molar-refractivity contribution < 1.29 is 4.79 Å². The Morgan fingerprint density at radius 3 is 2.76 bits per heavy atom. The van der Waals surface area contributed by atoms with Crippen LogP contribution in [-0.4, -0.2) is 34.7 Å². The van der Waals surface area contributed by atoms with E-state index >= 15 is 0 Å². The number of carbonyl (C=O) groups is 1. The van der Waals surface area contributed by atoms with Crippen LogP contribution in [0.25, 0.3) is 16.9 Å². The Labute approximate surface area is 123 Å². The average Bonchev–Trinajstić information content (AvgIpc) is 2.86. The summed E-state index contributed by atoms with van der Waals surface area (Å²) in [5, 5.41) is 0. The van der Waals surface area contributed by atoms with Crippen LogP contribution in [0.15, 0.2) is 48.8 Å². The molecule has 0 aliphatic heterocycles. The van der Waals surface area contributed by atoms with Crippen molar-refractivity contribution in [3.63, 3.8) is 0 Å². The number of aldehydes is 1. The van der Waals surface area contributed by atoms with E-state index in [4.69, 9.17) is 0 Å². The molecule has 0 amide bonds. The third-order valence-electron chi connectivity index (χ3n) is 3.40. The lowest BCUT2D eigenvalue weighted by molar-refractivity contribution is 0.112. The SMILES string of the molecule is CN(C)Cc1ccc(-c2c(C=O)cc3ccccn23)nc1. The summed E-state index contributed by atoms with van der Waals surface area (Å²) in [4.78, 5) is 18.0. The molecule has 21 heavy (non-hydrogen) atoms. The number of hydrogen-bond acceptors (Lipinski definition) is 3. The monoisotopic (exact) mass is 279 g/mol. The van der Waals surface area contributed by atoms with Gasteiger partial charge in [0.15, 0.2) is 6.29 Å². The molecule has 4 nitrogen and oxygen atoms in total. The first kappa shape index (κ1) is 13.5. The highest BCUT2D eigenvalue weighted by Crippen LogP contribution is 2.25. The van der Waals surface area contributed by atoms with Gasteiger partial charge in [-0.1, -0.05) is 12.1 Å². The second kappa shape index (κ2) is 5.50. The third-order valence-corrected chi connectivity index (χ3v) is 3.40. The van der Waals surface area contributed by atoms with Crippen LogP contribution in [0.4, 0.5) is 0 Å². The number of rotatable bonds is 4. The van der Waals surface area contributed by atoms with Gasteiger partial charge in [-0.05, 0) is 43.9 Å². The minimum atomic E-state index is 0.661. The van der Waals surface area contributed by atoms with Gasteiger partial charge in [0.05, 0.1) is 11.4 Å². The molecule has 0 bridgehead atoms. The third kappa shape index (κ3) is 2.58. The van der Waals surface area contributed by atoms with E-state index in [0.29, 0.717) is 5.56 Å². The molecule has 0 N–H and O–H groups in total. The summed E-state index contributed by atoms with van der Waals surface area (Å²) in [6.45, 7) is 0.850. The molecule has 3 aromatic heterocycles. The van der Waals surface area contributed by atoms with Gasteiger partial charge in [-0.2, -0.15) is 0 Å². The van der Waals surface area contributed by atoms with E-state index in [0.717, 1.165) is 35.3 Å². The predicted molar refractivity (Wildman–Crippen MR) is 83.4 cm³/mol. The summed E-state index contributed by atoms with van der Waals surface area (Å²) in [7, 11) is 4.05. The Hall–Kier alpha value is -2.46. The molecule has 3 rings (SSSR count). The van der Waals surface area contributed by atoms with Crippen LogP contribution in [0, 0.1) is 0 Å². The highest BCUT2D eigenvalue weighted by Gasteiger charge is 2.12. The minimum absolute atomic E-state index is 0.661. The first-order valence-corrected chi connectivity index (χ1v) is 6.84. The van der Waals surface area contributed by atoms with E-state index in [2.05, 4.69) is 16.0 Å². The number of pyridine rings is 2. The van der Waals surface area contributed by atoms with Crippen LogP contribution in [0.5, 0.6) is 0 Å². The molecule has 0 aliphatic carbocycles. The van der Waals surface area contributed by atoms with Gasteiger partial charge < -0.3 is 9.30 Å². The zero-order chi connectivity index (χ0) is 14.8. The largest absolute Gasteiger partial charge is 0.314 e. The second-order valence-corrected chi connectivity index (χ2v) is 5.35. The van der Waals surface area contributed by atoms with Gasteiger partial charge in [0.25, 0.3) is 0 Å². The average molecular weight is 279 g/mol. The quantitative estimate of drug-likeness (QED) is 0.689. The number of carbonyl (C=O) groups excluding carboxylic acids is 1. The molecule has 0 fully saturated rings. The van der Waals surface area contributed by atoms with Gasteiger partial charge in [-0.3, -0.25) is 9.78 Å². The standard InChI is InChI=1S/C17H17N3O/c1-19(2)11-13-6-7-16(18-10-13)17-14(12-21)9-15-5-3-4-8-20(15)17/h3-10,12H,11H2,1-2H3. The Morgan fingerprint density at radius 1 is 1.24 bits per heavy atom.